The van der Waals surface area contributed by atoms with Gasteiger partial charge in [-0.3, -0.25) is 0 Å². The fraction of sp³-hybridized carbons (Fsp3) is 0.667. The molecule has 0 saturated heterocycles. The number of nitrogens with two attached hydrogens (primary N) is 1. The zero-order chi connectivity index (χ0) is 15.7. The third-order valence-corrected chi connectivity index (χ3v) is 6.11. The predicted octanol–water partition coefficient (Wildman–Crippen LogP) is 4.66. The van der Waals surface area contributed by atoms with Gasteiger partial charge in [0.1, 0.15) is 0 Å². The molecule has 1 saturated carbocycles. The van der Waals surface area contributed by atoms with E-state index < -0.39 is 6.10 Å². The van der Waals surface area contributed by atoms with Crippen LogP contribution in [0.1, 0.15) is 58.1 Å². The second-order valence-electron chi connectivity index (χ2n) is 7.63. The summed E-state index contributed by atoms with van der Waals surface area (Å²) < 4.78 is 0.975. The molecule has 1 aliphatic carbocycles. The second-order valence-corrected chi connectivity index (χ2v) is 8.49. The standard InChI is InChI=1S/C18H28BrNO/c1-17(2,3)13-8-10-18(12-20,11-9-13)16(21)14-6-4-5-7-15(14)19/h4-7,13,16,21H,8-12,20H2,1-3H3. The van der Waals surface area contributed by atoms with Gasteiger partial charge < -0.3 is 10.8 Å². The highest BCUT2D eigenvalue weighted by Crippen LogP contribution is 2.51. The highest BCUT2D eigenvalue weighted by molar-refractivity contribution is 9.10. The van der Waals surface area contributed by atoms with Gasteiger partial charge >= 0.3 is 0 Å². The molecule has 3 N–H and O–H groups in total. The Morgan fingerprint density at radius 2 is 1.86 bits per heavy atom. The van der Waals surface area contributed by atoms with E-state index >= 15 is 0 Å². The van der Waals surface area contributed by atoms with Crippen molar-refractivity contribution in [3.8, 4) is 0 Å². The summed E-state index contributed by atoms with van der Waals surface area (Å²) in [5.74, 6) is 0.726. The summed E-state index contributed by atoms with van der Waals surface area (Å²) in [6, 6.07) is 7.95. The normalized spacial score (nSPS) is 28.4. The Bertz CT molecular complexity index is 472. The zero-order valence-corrected chi connectivity index (χ0v) is 15.0. The molecule has 0 radical (unpaired) electrons. The van der Waals surface area contributed by atoms with Crippen LogP contribution in [0.4, 0.5) is 0 Å². The highest BCUT2D eigenvalue weighted by Gasteiger charge is 2.43. The maximum absolute atomic E-state index is 11.0. The minimum absolute atomic E-state index is 0.175. The molecule has 0 amide bonds. The van der Waals surface area contributed by atoms with Gasteiger partial charge in [-0.2, -0.15) is 0 Å². The average Bonchev–Trinajstić information content (AvgIpc) is 2.46. The van der Waals surface area contributed by atoms with Crippen LogP contribution in [0.25, 0.3) is 0 Å². The molecule has 0 spiro atoms. The molecular weight excluding hydrogens is 326 g/mol. The molecule has 1 aliphatic rings. The summed E-state index contributed by atoms with van der Waals surface area (Å²) in [6.07, 6.45) is 3.84. The molecule has 0 aliphatic heterocycles. The highest BCUT2D eigenvalue weighted by atomic mass is 79.9. The predicted molar refractivity (Wildman–Crippen MR) is 92.0 cm³/mol. The number of aliphatic hydroxyl groups excluding tert-OH is 1. The SMILES string of the molecule is CC(C)(C)C1CCC(CN)(C(O)c2ccccc2Br)CC1. The smallest absolute Gasteiger partial charge is 0.0869 e. The van der Waals surface area contributed by atoms with Crippen LogP contribution in [-0.2, 0) is 0 Å². The van der Waals surface area contributed by atoms with Crippen molar-refractivity contribution in [2.45, 2.75) is 52.6 Å². The van der Waals surface area contributed by atoms with E-state index in [2.05, 4.69) is 36.7 Å². The van der Waals surface area contributed by atoms with Gasteiger partial charge in [-0.1, -0.05) is 54.9 Å². The monoisotopic (exact) mass is 353 g/mol. The first-order valence-electron chi connectivity index (χ1n) is 7.93. The summed E-state index contributed by atoms with van der Waals surface area (Å²) in [5.41, 5.74) is 7.25. The zero-order valence-electron chi connectivity index (χ0n) is 13.4. The van der Waals surface area contributed by atoms with Gasteiger partial charge in [0.2, 0.25) is 0 Å². The number of benzene rings is 1. The number of hydrogen-bond acceptors (Lipinski definition) is 2. The van der Waals surface area contributed by atoms with E-state index in [1.165, 1.54) is 0 Å². The lowest BCUT2D eigenvalue weighted by Gasteiger charge is -2.46. The quantitative estimate of drug-likeness (QED) is 0.829. The Balaban J connectivity index is 2.19. The van der Waals surface area contributed by atoms with E-state index in [1.807, 2.05) is 24.3 Å². The van der Waals surface area contributed by atoms with Gasteiger partial charge in [-0.05, 0) is 48.6 Å². The van der Waals surface area contributed by atoms with Crippen LogP contribution in [0.5, 0.6) is 0 Å². The summed E-state index contributed by atoms with van der Waals surface area (Å²) in [6.45, 7) is 7.50. The number of halogens is 1. The van der Waals surface area contributed by atoms with E-state index in [0.29, 0.717) is 12.0 Å². The number of rotatable bonds is 3. The van der Waals surface area contributed by atoms with Crippen molar-refractivity contribution < 1.29 is 5.11 Å². The molecule has 0 heterocycles. The minimum Gasteiger partial charge on any atom is -0.388 e. The third kappa shape index (κ3) is 3.52. The van der Waals surface area contributed by atoms with Crippen molar-refractivity contribution in [3.05, 3.63) is 34.3 Å². The molecule has 0 bridgehead atoms. The van der Waals surface area contributed by atoms with Crippen molar-refractivity contribution in [2.75, 3.05) is 6.54 Å². The minimum atomic E-state index is -0.487. The van der Waals surface area contributed by atoms with Crippen molar-refractivity contribution >= 4 is 15.9 Å². The lowest BCUT2D eigenvalue weighted by molar-refractivity contribution is -0.0237. The van der Waals surface area contributed by atoms with Gasteiger partial charge in [-0.25, -0.2) is 0 Å². The Labute approximate surface area is 137 Å². The van der Waals surface area contributed by atoms with Gasteiger partial charge in [0.05, 0.1) is 6.10 Å². The van der Waals surface area contributed by atoms with E-state index in [-0.39, 0.29) is 5.41 Å². The van der Waals surface area contributed by atoms with Crippen LogP contribution < -0.4 is 5.73 Å². The molecule has 118 valence electrons. The van der Waals surface area contributed by atoms with Crippen LogP contribution >= 0.6 is 15.9 Å². The first-order chi connectivity index (χ1) is 9.80. The Hall–Kier alpha value is -0.380. The maximum Gasteiger partial charge on any atom is 0.0869 e. The summed E-state index contributed by atoms with van der Waals surface area (Å²) in [7, 11) is 0. The molecule has 2 nitrogen and oxygen atoms in total. The summed E-state index contributed by atoms with van der Waals surface area (Å²) in [4.78, 5) is 0. The van der Waals surface area contributed by atoms with Gasteiger partial charge in [0.15, 0.2) is 0 Å². The van der Waals surface area contributed by atoms with Crippen molar-refractivity contribution in [2.24, 2.45) is 22.5 Å². The largest absolute Gasteiger partial charge is 0.388 e. The summed E-state index contributed by atoms with van der Waals surface area (Å²) >= 11 is 3.56. The maximum atomic E-state index is 11.0. The van der Waals surface area contributed by atoms with Crippen LogP contribution in [0, 0.1) is 16.7 Å². The summed E-state index contributed by atoms with van der Waals surface area (Å²) in [5, 5.41) is 11.0. The molecule has 3 heteroatoms. The van der Waals surface area contributed by atoms with Crippen LogP contribution in [-0.4, -0.2) is 11.7 Å². The molecule has 1 atom stereocenters. The van der Waals surface area contributed by atoms with Crippen LogP contribution in [0.15, 0.2) is 28.7 Å². The van der Waals surface area contributed by atoms with E-state index in [1.54, 1.807) is 0 Å². The fourth-order valence-corrected chi connectivity index (χ4v) is 4.18. The molecule has 1 aromatic rings. The second kappa shape index (κ2) is 6.39. The van der Waals surface area contributed by atoms with Crippen LogP contribution in [0.2, 0.25) is 0 Å². The number of aliphatic hydroxyl groups is 1. The lowest BCUT2D eigenvalue weighted by Crippen LogP contribution is -2.42. The third-order valence-electron chi connectivity index (χ3n) is 5.39. The van der Waals surface area contributed by atoms with Crippen LogP contribution in [0.3, 0.4) is 0 Å². The van der Waals surface area contributed by atoms with Crippen molar-refractivity contribution in [1.29, 1.82) is 0 Å². The first-order valence-corrected chi connectivity index (χ1v) is 8.72. The average molecular weight is 354 g/mol. The molecule has 1 fully saturated rings. The topological polar surface area (TPSA) is 46.2 Å². The van der Waals surface area contributed by atoms with E-state index in [9.17, 15) is 5.11 Å². The van der Waals surface area contributed by atoms with Gasteiger partial charge in [-0.15, -0.1) is 0 Å². The Kier molecular flexibility index (Phi) is 5.17. The molecule has 1 unspecified atom stereocenters. The van der Waals surface area contributed by atoms with Gasteiger partial charge in [0, 0.05) is 16.4 Å². The fourth-order valence-electron chi connectivity index (χ4n) is 3.67. The van der Waals surface area contributed by atoms with Crippen molar-refractivity contribution in [3.63, 3.8) is 0 Å². The van der Waals surface area contributed by atoms with E-state index in [0.717, 1.165) is 41.6 Å². The molecular formula is C18H28BrNO. The number of hydrogen-bond donors (Lipinski definition) is 2. The van der Waals surface area contributed by atoms with Crippen molar-refractivity contribution in [1.82, 2.24) is 0 Å². The lowest BCUT2D eigenvalue weighted by atomic mass is 9.61. The first kappa shape index (κ1) is 17.0. The molecule has 0 aromatic heterocycles. The van der Waals surface area contributed by atoms with E-state index in [4.69, 9.17) is 5.73 Å². The molecule has 1 aromatic carbocycles. The Morgan fingerprint density at radius 1 is 1.29 bits per heavy atom. The molecule has 2 rings (SSSR count). The molecule has 21 heavy (non-hydrogen) atoms. The van der Waals surface area contributed by atoms with Gasteiger partial charge in [0.25, 0.3) is 0 Å². The Morgan fingerprint density at radius 3 is 2.33 bits per heavy atom.